The van der Waals surface area contributed by atoms with Crippen LogP contribution in [0.15, 0.2) is 72.8 Å². The zero-order valence-corrected chi connectivity index (χ0v) is 18.8. The van der Waals surface area contributed by atoms with Crippen LogP contribution in [0.1, 0.15) is 5.56 Å². The Balaban J connectivity index is 1.92. The van der Waals surface area contributed by atoms with Crippen LogP contribution in [-0.2, 0) is 26.7 Å². The lowest BCUT2D eigenvalue weighted by Gasteiger charge is -2.20. The fourth-order valence-electron chi connectivity index (χ4n) is 3.13. The van der Waals surface area contributed by atoms with E-state index < -0.39 is 25.0 Å². The average Bonchev–Trinajstić information content (AvgIpc) is 2.71. The summed E-state index contributed by atoms with van der Waals surface area (Å²) in [5.41, 5.74) is 1.31. The summed E-state index contributed by atoms with van der Waals surface area (Å²) in [5.74, 6) is 0.321. The molecule has 0 aliphatic heterocycles. The number of nitro benzene ring substituents is 1. The number of hydrogen-bond acceptors (Lipinski definition) is 7. The summed E-state index contributed by atoms with van der Waals surface area (Å²) >= 11 is 0. The smallest absolute Gasteiger partial charge is 0.280 e. The molecule has 3 aromatic rings. The first kappa shape index (κ1) is 23.2. The summed E-state index contributed by atoms with van der Waals surface area (Å²) in [7, 11) is -8.18. The van der Waals surface area contributed by atoms with Gasteiger partial charge in [-0.15, -0.1) is 0 Å². The summed E-state index contributed by atoms with van der Waals surface area (Å²) in [5, 5.41) is 11.6. The third-order valence-corrected chi connectivity index (χ3v) is 7.66. The minimum absolute atomic E-state index is 0.0933. The maximum absolute atomic E-state index is 11.9. The SMILES string of the molecule is CS(=O)(=O)N(c1ccc(-c2ccc(OCc3ccccc3)cc2[N+](=O)[O-])cc1)S(C)(=O)=O. The van der Waals surface area contributed by atoms with Crippen LogP contribution >= 0.6 is 0 Å². The van der Waals surface area contributed by atoms with Crippen molar-refractivity contribution in [3.63, 3.8) is 0 Å². The number of nitro groups is 1. The van der Waals surface area contributed by atoms with Crippen LogP contribution in [0.2, 0.25) is 0 Å². The van der Waals surface area contributed by atoms with Crippen LogP contribution in [0.4, 0.5) is 11.4 Å². The number of anilines is 1. The summed E-state index contributed by atoms with van der Waals surface area (Å²) in [6, 6.07) is 19.2. The van der Waals surface area contributed by atoms with E-state index in [0.29, 0.717) is 15.0 Å². The first-order chi connectivity index (χ1) is 15.0. The Kier molecular flexibility index (Phi) is 6.51. The van der Waals surface area contributed by atoms with E-state index in [1.54, 1.807) is 6.07 Å². The fourth-order valence-corrected chi connectivity index (χ4v) is 6.11. The Labute approximate surface area is 186 Å². The van der Waals surface area contributed by atoms with E-state index in [4.69, 9.17) is 4.74 Å². The molecule has 0 fully saturated rings. The van der Waals surface area contributed by atoms with Crippen molar-refractivity contribution in [2.45, 2.75) is 6.61 Å². The molecular formula is C21H20N2O7S2. The van der Waals surface area contributed by atoms with Gasteiger partial charge in [0.05, 0.1) is 34.8 Å². The van der Waals surface area contributed by atoms with Crippen LogP contribution < -0.4 is 8.45 Å². The number of benzene rings is 3. The Morgan fingerprint density at radius 3 is 2.00 bits per heavy atom. The van der Waals surface area contributed by atoms with Crippen LogP contribution in [0.25, 0.3) is 11.1 Å². The van der Waals surface area contributed by atoms with E-state index in [1.165, 1.54) is 36.4 Å². The summed E-state index contributed by atoms with van der Waals surface area (Å²) in [6.07, 6.45) is 1.56. The summed E-state index contributed by atoms with van der Waals surface area (Å²) < 4.78 is 53.6. The standard InChI is InChI=1S/C21H20N2O7S2/c1-31(26,27)23(32(2,28)29)18-10-8-17(9-11-18)20-13-12-19(14-21(20)22(24)25)30-15-16-6-4-3-5-7-16/h3-14H,15H2,1-2H3. The van der Waals surface area contributed by atoms with E-state index in [9.17, 15) is 26.9 Å². The monoisotopic (exact) mass is 476 g/mol. The van der Waals surface area contributed by atoms with Gasteiger partial charge in [-0.3, -0.25) is 10.1 Å². The lowest BCUT2D eigenvalue weighted by molar-refractivity contribution is -0.384. The van der Waals surface area contributed by atoms with Gasteiger partial charge in [0.2, 0.25) is 20.0 Å². The highest BCUT2D eigenvalue weighted by Crippen LogP contribution is 2.35. The van der Waals surface area contributed by atoms with Crippen molar-refractivity contribution in [1.82, 2.24) is 0 Å². The Morgan fingerprint density at radius 1 is 0.875 bits per heavy atom. The van der Waals surface area contributed by atoms with Gasteiger partial charge in [-0.05, 0) is 35.4 Å². The number of sulfonamides is 2. The highest BCUT2D eigenvalue weighted by Gasteiger charge is 2.27. The molecule has 11 heteroatoms. The lowest BCUT2D eigenvalue weighted by atomic mass is 10.0. The number of rotatable bonds is 8. The van der Waals surface area contributed by atoms with Gasteiger partial charge >= 0.3 is 0 Å². The van der Waals surface area contributed by atoms with Crippen molar-refractivity contribution < 1.29 is 26.5 Å². The molecule has 32 heavy (non-hydrogen) atoms. The Hall–Kier alpha value is -3.44. The van der Waals surface area contributed by atoms with Gasteiger partial charge in [0.1, 0.15) is 12.4 Å². The maximum atomic E-state index is 11.9. The van der Waals surface area contributed by atoms with Gasteiger partial charge in [0.15, 0.2) is 0 Å². The van der Waals surface area contributed by atoms with Crippen molar-refractivity contribution >= 4 is 31.4 Å². The molecule has 3 rings (SSSR count). The second-order valence-electron chi connectivity index (χ2n) is 6.98. The van der Waals surface area contributed by atoms with Crippen molar-refractivity contribution in [2.75, 3.05) is 16.2 Å². The molecule has 0 bridgehead atoms. The van der Waals surface area contributed by atoms with Gasteiger partial charge in [-0.1, -0.05) is 42.5 Å². The van der Waals surface area contributed by atoms with E-state index in [-0.39, 0.29) is 23.5 Å². The summed E-state index contributed by atoms with van der Waals surface area (Å²) in [6.45, 7) is 0.249. The molecule has 0 atom stereocenters. The molecule has 0 aliphatic rings. The molecule has 9 nitrogen and oxygen atoms in total. The first-order valence-corrected chi connectivity index (χ1v) is 12.9. The van der Waals surface area contributed by atoms with Crippen LogP contribution in [-0.4, -0.2) is 34.3 Å². The third-order valence-electron chi connectivity index (χ3n) is 4.41. The number of ether oxygens (including phenoxy) is 1. The number of nitrogens with zero attached hydrogens (tertiary/aromatic N) is 2. The van der Waals surface area contributed by atoms with E-state index in [2.05, 4.69) is 0 Å². The molecule has 0 radical (unpaired) electrons. The molecule has 0 aromatic heterocycles. The highest BCUT2D eigenvalue weighted by molar-refractivity contribution is 8.09. The maximum Gasteiger partial charge on any atom is 0.280 e. The predicted molar refractivity (Wildman–Crippen MR) is 121 cm³/mol. The molecule has 0 aliphatic carbocycles. The molecule has 0 unspecified atom stereocenters. The van der Waals surface area contributed by atoms with Crippen LogP contribution in [0.3, 0.4) is 0 Å². The molecule has 168 valence electrons. The quantitative estimate of drug-likeness (QED) is 0.360. The molecule has 0 N–H and O–H groups in total. The van der Waals surface area contributed by atoms with Crippen molar-refractivity contribution in [1.29, 1.82) is 0 Å². The van der Waals surface area contributed by atoms with Crippen molar-refractivity contribution in [3.8, 4) is 16.9 Å². The minimum Gasteiger partial charge on any atom is -0.489 e. The van der Waals surface area contributed by atoms with Crippen molar-refractivity contribution in [2.24, 2.45) is 0 Å². The normalized spacial score (nSPS) is 11.7. The molecule has 0 heterocycles. The van der Waals surface area contributed by atoms with Gasteiger partial charge < -0.3 is 4.74 Å². The molecule has 0 saturated carbocycles. The zero-order chi connectivity index (χ0) is 23.5. The molecule has 3 aromatic carbocycles. The molecule has 0 spiro atoms. The second-order valence-corrected chi connectivity index (χ2v) is 10.9. The van der Waals surface area contributed by atoms with E-state index in [0.717, 1.165) is 18.1 Å². The molecule has 0 amide bonds. The third kappa shape index (κ3) is 5.42. The largest absolute Gasteiger partial charge is 0.489 e. The summed E-state index contributed by atoms with van der Waals surface area (Å²) in [4.78, 5) is 11.1. The van der Waals surface area contributed by atoms with Gasteiger partial charge in [0.25, 0.3) is 5.69 Å². The zero-order valence-electron chi connectivity index (χ0n) is 17.2. The van der Waals surface area contributed by atoms with Gasteiger partial charge in [-0.2, -0.15) is 3.71 Å². The average molecular weight is 477 g/mol. The Bertz CT molecular complexity index is 1310. The van der Waals surface area contributed by atoms with Gasteiger partial charge in [-0.25, -0.2) is 16.8 Å². The van der Waals surface area contributed by atoms with Crippen LogP contribution in [0, 0.1) is 10.1 Å². The molecular weight excluding hydrogens is 456 g/mol. The molecule has 0 saturated heterocycles. The first-order valence-electron chi connectivity index (χ1n) is 9.23. The second kappa shape index (κ2) is 8.97. The van der Waals surface area contributed by atoms with Gasteiger partial charge in [0, 0.05) is 0 Å². The predicted octanol–water partition coefficient (Wildman–Crippen LogP) is 3.57. The van der Waals surface area contributed by atoms with E-state index in [1.807, 2.05) is 30.3 Å². The van der Waals surface area contributed by atoms with E-state index >= 15 is 0 Å². The topological polar surface area (TPSA) is 124 Å². The minimum atomic E-state index is -4.09. The fraction of sp³-hybridized carbons (Fsp3) is 0.143. The lowest BCUT2D eigenvalue weighted by Crippen LogP contribution is -2.35. The Morgan fingerprint density at radius 2 is 1.47 bits per heavy atom. The van der Waals surface area contributed by atoms with Crippen LogP contribution in [0.5, 0.6) is 5.75 Å². The highest BCUT2D eigenvalue weighted by atomic mass is 32.3. The van der Waals surface area contributed by atoms with Crippen molar-refractivity contribution in [3.05, 3.63) is 88.5 Å². The number of hydrogen-bond donors (Lipinski definition) is 0.